The van der Waals surface area contributed by atoms with Gasteiger partial charge in [-0.3, -0.25) is 0 Å². The zero-order valence-corrected chi connectivity index (χ0v) is 10.2. The lowest BCUT2D eigenvalue weighted by molar-refractivity contribution is 0.0691. The van der Waals surface area contributed by atoms with Crippen LogP contribution in [-0.2, 0) is 0 Å². The normalized spacial score (nSPS) is 10.4. The number of hydrogen-bond acceptors (Lipinski definition) is 2. The van der Waals surface area contributed by atoms with E-state index in [2.05, 4.69) is 25.9 Å². The van der Waals surface area contributed by atoms with Crippen molar-refractivity contribution in [2.75, 3.05) is 0 Å². The summed E-state index contributed by atoms with van der Waals surface area (Å²) in [4.78, 5) is 17.3. The SMILES string of the molecule is O=C(O)c1cnc(-c2ccc(Cl)c(Br)c2)[nH]1. The Morgan fingerprint density at radius 1 is 1.50 bits per heavy atom. The summed E-state index contributed by atoms with van der Waals surface area (Å²) in [7, 11) is 0. The molecular formula is C10H6BrClN2O2. The first kappa shape index (κ1) is 11.2. The van der Waals surface area contributed by atoms with Gasteiger partial charge in [-0.2, -0.15) is 0 Å². The summed E-state index contributed by atoms with van der Waals surface area (Å²) in [6, 6.07) is 5.24. The van der Waals surface area contributed by atoms with Crippen LogP contribution in [0.1, 0.15) is 10.5 Å². The molecule has 1 aromatic carbocycles. The van der Waals surface area contributed by atoms with E-state index < -0.39 is 5.97 Å². The minimum Gasteiger partial charge on any atom is -0.477 e. The van der Waals surface area contributed by atoms with E-state index in [4.69, 9.17) is 16.7 Å². The standard InChI is InChI=1S/C10H6BrClN2O2/c11-6-3-5(1-2-7(6)12)9-13-4-8(14-9)10(15)16/h1-4H,(H,13,14)(H,15,16). The van der Waals surface area contributed by atoms with E-state index in [9.17, 15) is 4.79 Å². The monoisotopic (exact) mass is 300 g/mol. The molecule has 2 rings (SSSR count). The number of imidazole rings is 1. The number of carboxylic acids is 1. The number of hydrogen-bond donors (Lipinski definition) is 2. The second kappa shape index (κ2) is 4.27. The number of aromatic carboxylic acids is 1. The third kappa shape index (κ3) is 2.10. The van der Waals surface area contributed by atoms with Gasteiger partial charge >= 0.3 is 5.97 Å². The van der Waals surface area contributed by atoms with Gasteiger partial charge in [-0.15, -0.1) is 0 Å². The molecule has 0 saturated heterocycles. The predicted octanol–water partition coefficient (Wildman–Crippen LogP) is 3.19. The first-order valence-electron chi connectivity index (χ1n) is 4.31. The zero-order valence-electron chi connectivity index (χ0n) is 7.87. The number of nitrogens with zero attached hydrogens (tertiary/aromatic N) is 1. The number of nitrogens with one attached hydrogen (secondary N) is 1. The van der Waals surface area contributed by atoms with Crippen LogP contribution in [-0.4, -0.2) is 21.0 Å². The van der Waals surface area contributed by atoms with Gasteiger partial charge in [0.2, 0.25) is 0 Å². The van der Waals surface area contributed by atoms with Crippen LogP contribution in [0.3, 0.4) is 0 Å². The zero-order chi connectivity index (χ0) is 11.7. The molecule has 1 heterocycles. The average molecular weight is 302 g/mol. The first-order valence-corrected chi connectivity index (χ1v) is 5.49. The van der Waals surface area contributed by atoms with Gasteiger partial charge in [0.1, 0.15) is 11.5 Å². The van der Waals surface area contributed by atoms with E-state index >= 15 is 0 Å². The molecule has 0 spiro atoms. The number of carboxylic acid groups (broad SMARTS) is 1. The molecule has 0 radical (unpaired) electrons. The number of rotatable bonds is 2. The maximum absolute atomic E-state index is 10.7. The third-order valence-corrected chi connectivity index (χ3v) is 3.21. The van der Waals surface area contributed by atoms with Gasteiger partial charge in [-0.25, -0.2) is 9.78 Å². The molecule has 0 aliphatic carbocycles. The molecule has 6 heteroatoms. The molecule has 1 aromatic heterocycles. The summed E-state index contributed by atoms with van der Waals surface area (Å²) >= 11 is 9.14. The fourth-order valence-electron chi connectivity index (χ4n) is 1.22. The Balaban J connectivity index is 2.42. The summed E-state index contributed by atoms with van der Waals surface area (Å²) < 4.78 is 0.736. The molecule has 2 N–H and O–H groups in total. The molecule has 0 saturated carbocycles. The van der Waals surface area contributed by atoms with Crippen molar-refractivity contribution in [2.45, 2.75) is 0 Å². The fraction of sp³-hybridized carbons (Fsp3) is 0. The van der Waals surface area contributed by atoms with Crippen molar-refractivity contribution in [2.24, 2.45) is 0 Å². The largest absolute Gasteiger partial charge is 0.477 e. The Morgan fingerprint density at radius 3 is 2.81 bits per heavy atom. The third-order valence-electron chi connectivity index (χ3n) is 2.00. The maximum Gasteiger partial charge on any atom is 0.353 e. The Labute approximate surface area is 104 Å². The lowest BCUT2D eigenvalue weighted by Gasteiger charge is -1.99. The fourth-order valence-corrected chi connectivity index (χ4v) is 1.72. The van der Waals surface area contributed by atoms with E-state index in [0.717, 1.165) is 10.0 Å². The van der Waals surface area contributed by atoms with Crippen LogP contribution in [0.2, 0.25) is 5.02 Å². The summed E-state index contributed by atoms with van der Waals surface area (Å²) in [6.45, 7) is 0. The van der Waals surface area contributed by atoms with Crippen LogP contribution < -0.4 is 0 Å². The molecule has 0 aliphatic heterocycles. The van der Waals surface area contributed by atoms with Crippen molar-refractivity contribution in [1.29, 1.82) is 0 Å². The van der Waals surface area contributed by atoms with Crippen molar-refractivity contribution < 1.29 is 9.90 Å². The van der Waals surface area contributed by atoms with Gasteiger partial charge < -0.3 is 10.1 Å². The van der Waals surface area contributed by atoms with Gasteiger partial charge in [0.15, 0.2) is 0 Å². The number of benzene rings is 1. The van der Waals surface area contributed by atoms with Crippen LogP contribution in [0.25, 0.3) is 11.4 Å². The summed E-state index contributed by atoms with van der Waals surface area (Å²) in [5, 5.41) is 9.33. The topological polar surface area (TPSA) is 66.0 Å². The van der Waals surface area contributed by atoms with Crippen molar-refractivity contribution in [1.82, 2.24) is 9.97 Å². The highest BCUT2D eigenvalue weighted by molar-refractivity contribution is 9.10. The lowest BCUT2D eigenvalue weighted by Crippen LogP contribution is -1.95. The quantitative estimate of drug-likeness (QED) is 0.895. The Kier molecular flexibility index (Phi) is 2.98. The predicted molar refractivity (Wildman–Crippen MR) is 63.7 cm³/mol. The molecule has 0 aliphatic rings. The van der Waals surface area contributed by atoms with Crippen molar-refractivity contribution in [3.05, 3.63) is 39.6 Å². The highest BCUT2D eigenvalue weighted by Gasteiger charge is 2.09. The minimum absolute atomic E-state index is 0.0565. The number of aromatic amines is 1. The van der Waals surface area contributed by atoms with Gasteiger partial charge in [-0.05, 0) is 34.1 Å². The molecule has 0 amide bonds. The second-order valence-electron chi connectivity index (χ2n) is 3.08. The molecule has 82 valence electrons. The van der Waals surface area contributed by atoms with E-state index in [1.54, 1.807) is 18.2 Å². The lowest BCUT2D eigenvalue weighted by atomic mass is 10.2. The first-order chi connectivity index (χ1) is 7.58. The van der Waals surface area contributed by atoms with Crippen LogP contribution in [0.5, 0.6) is 0 Å². The van der Waals surface area contributed by atoms with Crippen molar-refractivity contribution in [3.63, 3.8) is 0 Å². The van der Waals surface area contributed by atoms with Crippen LogP contribution in [0, 0.1) is 0 Å². The van der Waals surface area contributed by atoms with Crippen LogP contribution in [0.15, 0.2) is 28.9 Å². The van der Waals surface area contributed by atoms with Gasteiger partial charge in [0.05, 0.1) is 11.2 Å². The maximum atomic E-state index is 10.7. The summed E-state index contributed by atoms with van der Waals surface area (Å²) in [5.74, 6) is -0.540. The molecule has 0 bridgehead atoms. The molecule has 0 unspecified atom stereocenters. The average Bonchev–Trinajstić information content (AvgIpc) is 2.71. The number of halogens is 2. The molecule has 4 nitrogen and oxygen atoms in total. The Bertz CT molecular complexity index is 554. The number of aromatic nitrogens is 2. The van der Waals surface area contributed by atoms with Crippen molar-refractivity contribution >= 4 is 33.5 Å². The Morgan fingerprint density at radius 2 is 2.25 bits per heavy atom. The highest BCUT2D eigenvalue weighted by atomic mass is 79.9. The molecule has 16 heavy (non-hydrogen) atoms. The van der Waals surface area contributed by atoms with Gasteiger partial charge in [-0.1, -0.05) is 11.6 Å². The minimum atomic E-state index is -1.04. The number of H-pyrrole nitrogens is 1. The van der Waals surface area contributed by atoms with E-state index in [-0.39, 0.29) is 5.69 Å². The van der Waals surface area contributed by atoms with E-state index in [1.165, 1.54) is 6.20 Å². The molecule has 0 atom stereocenters. The van der Waals surface area contributed by atoms with E-state index in [1.807, 2.05) is 0 Å². The summed E-state index contributed by atoms with van der Waals surface area (Å²) in [5.41, 5.74) is 0.824. The molecular weight excluding hydrogens is 295 g/mol. The number of carbonyl (C=O) groups is 1. The van der Waals surface area contributed by atoms with E-state index in [0.29, 0.717) is 10.8 Å². The van der Waals surface area contributed by atoms with Gasteiger partial charge in [0.25, 0.3) is 0 Å². The van der Waals surface area contributed by atoms with Crippen LogP contribution in [0.4, 0.5) is 0 Å². The highest BCUT2D eigenvalue weighted by Crippen LogP contribution is 2.27. The smallest absolute Gasteiger partial charge is 0.353 e. The molecule has 0 fully saturated rings. The summed E-state index contributed by atoms with van der Waals surface area (Å²) in [6.07, 6.45) is 1.28. The Hall–Kier alpha value is -1.33. The van der Waals surface area contributed by atoms with Crippen LogP contribution >= 0.6 is 27.5 Å². The second-order valence-corrected chi connectivity index (χ2v) is 4.34. The molecule has 2 aromatic rings. The van der Waals surface area contributed by atoms with Gasteiger partial charge in [0, 0.05) is 10.0 Å². The van der Waals surface area contributed by atoms with Crippen molar-refractivity contribution in [3.8, 4) is 11.4 Å².